The van der Waals surface area contributed by atoms with Gasteiger partial charge < -0.3 is 10.5 Å². The Morgan fingerprint density at radius 2 is 2.20 bits per heavy atom. The molecule has 0 amide bonds. The fraction of sp³-hybridized carbons (Fsp3) is 0.455. The van der Waals surface area contributed by atoms with E-state index in [2.05, 4.69) is 6.92 Å². The molecule has 2 N–H and O–H groups in total. The molecule has 0 spiro atoms. The van der Waals surface area contributed by atoms with E-state index in [0.717, 1.165) is 23.7 Å². The third kappa shape index (κ3) is 4.53. The molecule has 0 aliphatic rings. The summed E-state index contributed by atoms with van der Waals surface area (Å²) in [5, 5.41) is 0. The van der Waals surface area contributed by atoms with Crippen molar-refractivity contribution in [3.63, 3.8) is 0 Å². The summed E-state index contributed by atoms with van der Waals surface area (Å²) < 4.78 is 18.4. The second-order valence-corrected chi connectivity index (χ2v) is 4.31. The number of nitrogen functional groups attached to an aromatic ring is 1. The average Bonchev–Trinajstić information content (AvgIpc) is 2.23. The van der Waals surface area contributed by atoms with E-state index in [-0.39, 0.29) is 11.5 Å². The van der Waals surface area contributed by atoms with Crippen LogP contribution in [0.3, 0.4) is 0 Å². The van der Waals surface area contributed by atoms with Crippen LogP contribution in [0.25, 0.3) is 0 Å². The monoisotopic (exact) mass is 229 g/mol. The van der Waals surface area contributed by atoms with E-state index >= 15 is 0 Å². The quantitative estimate of drug-likeness (QED) is 0.463. The van der Waals surface area contributed by atoms with E-state index < -0.39 is 0 Å². The molecule has 4 heteroatoms. The summed E-state index contributed by atoms with van der Waals surface area (Å²) >= 11 is 1.57. The zero-order chi connectivity index (χ0) is 11.1. The number of thioether (sulfide) groups is 1. The lowest BCUT2D eigenvalue weighted by molar-refractivity contribution is 0.151. The van der Waals surface area contributed by atoms with Crippen LogP contribution in [0.5, 0.6) is 0 Å². The molecule has 2 nitrogen and oxygen atoms in total. The molecule has 0 aliphatic heterocycles. The lowest BCUT2D eigenvalue weighted by Gasteiger charge is -2.04. The molecule has 0 bridgehead atoms. The smallest absolute Gasteiger partial charge is 0.147 e. The number of halogens is 1. The minimum Gasteiger partial charge on any atom is -0.396 e. The number of hydrogen-bond donors (Lipinski definition) is 1. The van der Waals surface area contributed by atoms with Gasteiger partial charge in [-0.05, 0) is 24.6 Å². The summed E-state index contributed by atoms with van der Waals surface area (Å²) in [4.78, 5) is 0.891. The molecule has 0 radical (unpaired) electrons. The lowest BCUT2D eigenvalue weighted by atomic mass is 10.3. The highest BCUT2D eigenvalue weighted by atomic mass is 32.2. The second kappa shape index (κ2) is 6.69. The molecule has 0 saturated heterocycles. The molecular formula is C11H16FNOS. The van der Waals surface area contributed by atoms with Gasteiger partial charge in [0, 0.05) is 17.3 Å². The van der Waals surface area contributed by atoms with Crippen LogP contribution in [0.1, 0.15) is 13.3 Å². The highest BCUT2D eigenvalue weighted by molar-refractivity contribution is 7.99. The van der Waals surface area contributed by atoms with Gasteiger partial charge in [0.15, 0.2) is 0 Å². The summed E-state index contributed by atoms with van der Waals surface area (Å²) in [6.45, 7) is 3.56. The molecule has 1 rings (SSSR count). The van der Waals surface area contributed by atoms with Crippen LogP contribution in [0.15, 0.2) is 23.1 Å². The number of nitrogens with two attached hydrogens (primary N) is 1. The Morgan fingerprint density at radius 3 is 2.87 bits per heavy atom. The van der Waals surface area contributed by atoms with E-state index in [0.29, 0.717) is 6.61 Å². The van der Waals surface area contributed by atoms with Crippen molar-refractivity contribution in [2.45, 2.75) is 18.2 Å². The maximum atomic E-state index is 13.0. The van der Waals surface area contributed by atoms with E-state index in [1.807, 2.05) is 6.07 Å². The van der Waals surface area contributed by atoms with Gasteiger partial charge in [-0.25, -0.2) is 4.39 Å². The Morgan fingerprint density at radius 1 is 1.40 bits per heavy atom. The first-order chi connectivity index (χ1) is 7.24. The SMILES string of the molecule is CCCOCCSc1ccc(N)c(F)c1. The van der Waals surface area contributed by atoms with Crippen molar-refractivity contribution in [1.82, 2.24) is 0 Å². The first kappa shape index (κ1) is 12.3. The van der Waals surface area contributed by atoms with Crippen molar-refractivity contribution in [2.24, 2.45) is 0 Å². The van der Waals surface area contributed by atoms with Crippen molar-refractivity contribution in [3.8, 4) is 0 Å². The van der Waals surface area contributed by atoms with Gasteiger partial charge in [-0.15, -0.1) is 11.8 Å². The van der Waals surface area contributed by atoms with Gasteiger partial charge in [-0.3, -0.25) is 0 Å². The molecule has 0 aromatic heterocycles. The van der Waals surface area contributed by atoms with Crippen molar-refractivity contribution in [3.05, 3.63) is 24.0 Å². The minimum absolute atomic E-state index is 0.196. The summed E-state index contributed by atoms with van der Waals surface area (Å²) in [7, 11) is 0. The van der Waals surface area contributed by atoms with Crippen molar-refractivity contribution >= 4 is 17.4 Å². The molecule has 0 atom stereocenters. The molecule has 0 aliphatic carbocycles. The van der Waals surface area contributed by atoms with Crippen molar-refractivity contribution < 1.29 is 9.13 Å². The molecule has 0 unspecified atom stereocenters. The maximum absolute atomic E-state index is 13.0. The van der Waals surface area contributed by atoms with E-state index in [1.54, 1.807) is 17.8 Å². The number of hydrogen-bond acceptors (Lipinski definition) is 3. The largest absolute Gasteiger partial charge is 0.396 e. The van der Waals surface area contributed by atoms with Gasteiger partial charge in [0.2, 0.25) is 0 Å². The van der Waals surface area contributed by atoms with Gasteiger partial charge in [0.25, 0.3) is 0 Å². The Hall–Kier alpha value is -0.740. The summed E-state index contributed by atoms with van der Waals surface area (Å²) in [5.74, 6) is 0.484. The molecule has 84 valence electrons. The predicted octanol–water partition coefficient (Wildman–Crippen LogP) is 2.93. The van der Waals surface area contributed by atoms with Crippen LogP contribution in [0.4, 0.5) is 10.1 Å². The minimum atomic E-state index is -0.352. The fourth-order valence-electron chi connectivity index (χ4n) is 1.06. The first-order valence-corrected chi connectivity index (χ1v) is 5.98. The standard InChI is InChI=1S/C11H16FNOS/c1-2-5-14-6-7-15-9-3-4-11(13)10(12)8-9/h3-4,8H,2,5-7,13H2,1H3. The van der Waals surface area contributed by atoms with Gasteiger partial charge in [-0.2, -0.15) is 0 Å². The molecule has 15 heavy (non-hydrogen) atoms. The van der Waals surface area contributed by atoms with Gasteiger partial charge >= 0.3 is 0 Å². The molecular weight excluding hydrogens is 213 g/mol. The zero-order valence-corrected chi connectivity index (χ0v) is 9.65. The van der Waals surface area contributed by atoms with E-state index in [4.69, 9.17) is 10.5 Å². The van der Waals surface area contributed by atoms with Crippen LogP contribution < -0.4 is 5.73 Å². The Bertz CT molecular complexity index is 307. The highest BCUT2D eigenvalue weighted by Gasteiger charge is 2.00. The molecule has 0 heterocycles. The van der Waals surface area contributed by atoms with Gasteiger partial charge in [0.05, 0.1) is 12.3 Å². The molecule has 1 aromatic carbocycles. The van der Waals surface area contributed by atoms with Gasteiger partial charge in [-0.1, -0.05) is 6.92 Å². The average molecular weight is 229 g/mol. The maximum Gasteiger partial charge on any atom is 0.147 e. The number of anilines is 1. The van der Waals surface area contributed by atoms with E-state index in [9.17, 15) is 4.39 Å². The number of benzene rings is 1. The lowest BCUT2D eigenvalue weighted by Crippen LogP contribution is -1.98. The van der Waals surface area contributed by atoms with Crippen LogP contribution in [0, 0.1) is 5.82 Å². The molecule has 0 saturated carbocycles. The summed E-state index contributed by atoms with van der Waals surface area (Å²) in [5.41, 5.74) is 5.57. The number of ether oxygens (including phenoxy) is 1. The predicted molar refractivity (Wildman–Crippen MR) is 62.6 cm³/mol. The summed E-state index contributed by atoms with van der Waals surface area (Å²) in [6, 6.07) is 4.87. The first-order valence-electron chi connectivity index (χ1n) is 4.99. The van der Waals surface area contributed by atoms with Crippen molar-refractivity contribution in [1.29, 1.82) is 0 Å². The van der Waals surface area contributed by atoms with Crippen molar-refractivity contribution in [2.75, 3.05) is 24.7 Å². The fourth-order valence-corrected chi connectivity index (χ4v) is 1.85. The third-order valence-corrected chi connectivity index (χ3v) is 2.77. The summed E-state index contributed by atoms with van der Waals surface area (Å²) in [6.07, 6.45) is 1.03. The van der Waals surface area contributed by atoms with Gasteiger partial charge in [0.1, 0.15) is 5.82 Å². The zero-order valence-electron chi connectivity index (χ0n) is 8.83. The highest BCUT2D eigenvalue weighted by Crippen LogP contribution is 2.21. The van der Waals surface area contributed by atoms with Crippen LogP contribution >= 0.6 is 11.8 Å². The second-order valence-electron chi connectivity index (χ2n) is 3.14. The van der Waals surface area contributed by atoms with Crippen LogP contribution in [-0.2, 0) is 4.74 Å². The van der Waals surface area contributed by atoms with Crippen LogP contribution in [-0.4, -0.2) is 19.0 Å². The number of rotatable bonds is 6. The normalized spacial score (nSPS) is 10.5. The van der Waals surface area contributed by atoms with Crippen LogP contribution in [0.2, 0.25) is 0 Å². The molecule has 0 fully saturated rings. The Kier molecular flexibility index (Phi) is 5.50. The molecule has 1 aromatic rings. The Labute approximate surface area is 94.0 Å². The topological polar surface area (TPSA) is 35.2 Å². The Balaban J connectivity index is 2.28. The van der Waals surface area contributed by atoms with E-state index in [1.165, 1.54) is 6.07 Å². The third-order valence-electron chi connectivity index (χ3n) is 1.82.